The van der Waals surface area contributed by atoms with Gasteiger partial charge in [0, 0.05) is 55.1 Å². The number of rotatable bonds is 32. The number of nitrogens with one attached hydrogen (secondary N) is 5. The Morgan fingerprint density at radius 2 is 1.04 bits per heavy atom. The fourth-order valence-electron chi connectivity index (χ4n) is 8.61. The molecule has 0 heterocycles. The molecule has 0 saturated carbocycles. The number of amides is 10. The highest BCUT2D eigenvalue weighted by Gasteiger charge is 2.41. The number of hydrogen-bond donors (Lipinski definition) is 6. The van der Waals surface area contributed by atoms with E-state index in [1.54, 1.807) is 27.8 Å². The van der Waals surface area contributed by atoms with E-state index in [4.69, 9.17) is 0 Å². The quantitative estimate of drug-likeness (QED) is 0.0420. The van der Waals surface area contributed by atoms with Gasteiger partial charge in [-0.25, -0.2) is 0 Å². The Morgan fingerprint density at radius 3 is 1.49 bits per heavy atom. The molecule has 0 spiro atoms. The van der Waals surface area contributed by atoms with E-state index in [9.17, 15) is 53.1 Å². The molecule has 0 fully saturated rings. The molecule has 1 unspecified atom stereocenters. The lowest BCUT2D eigenvalue weighted by molar-refractivity contribution is -0.146. The molecule has 6 N–H and O–H groups in total. The van der Waals surface area contributed by atoms with E-state index in [0.29, 0.717) is 19.3 Å². The van der Waals surface area contributed by atoms with Crippen molar-refractivity contribution in [3.63, 3.8) is 0 Å². The first-order valence-corrected chi connectivity index (χ1v) is 27.2. The number of carbonyl (C=O) groups excluding carboxylic acids is 10. The summed E-state index contributed by atoms with van der Waals surface area (Å²) in [6.45, 7) is 29.9. The molecule has 0 aliphatic heterocycles. The van der Waals surface area contributed by atoms with Crippen molar-refractivity contribution in [1.82, 2.24) is 51.1 Å². The minimum absolute atomic E-state index is 0.0200. The first-order valence-electron chi connectivity index (χ1n) is 27.2. The lowest BCUT2D eigenvalue weighted by Crippen LogP contribution is -2.61. The van der Waals surface area contributed by atoms with Crippen LogP contribution >= 0.6 is 0 Å². The second kappa shape index (κ2) is 32.8. The highest BCUT2D eigenvalue weighted by Crippen LogP contribution is 2.22. The third kappa shape index (κ3) is 22.9. The topological polar surface area (TPSA) is 267 Å². The molecular formula is C56H100N10O11. The molecule has 0 rings (SSSR count). The van der Waals surface area contributed by atoms with Crippen LogP contribution in [0.3, 0.4) is 0 Å². The summed E-state index contributed by atoms with van der Waals surface area (Å²) in [5.74, 6) is -6.57. The van der Waals surface area contributed by atoms with Gasteiger partial charge in [0.1, 0.15) is 54.0 Å². The zero-order valence-corrected chi connectivity index (χ0v) is 50.6. The van der Waals surface area contributed by atoms with Crippen molar-refractivity contribution < 1.29 is 53.1 Å². The minimum atomic E-state index is -1.54. The van der Waals surface area contributed by atoms with Crippen LogP contribution in [0, 0.1) is 29.6 Å². The molecule has 0 radical (unpaired) electrons. The van der Waals surface area contributed by atoms with Crippen LogP contribution in [0.1, 0.15) is 149 Å². The van der Waals surface area contributed by atoms with Gasteiger partial charge in [-0.15, -0.1) is 0 Å². The Balaban J connectivity index is 6.59. The van der Waals surface area contributed by atoms with Gasteiger partial charge in [0.25, 0.3) is 5.91 Å². The van der Waals surface area contributed by atoms with E-state index in [0.717, 1.165) is 9.80 Å². The van der Waals surface area contributed by atoms with Crippen molar-refractivity contribution in [3.05, 3.63) is 24.4 Å². The molecule has 0 aromatic carbocycles. The molecule has 21 nitrogen and oxygen atoms in total. The van der Waals surface area contributed by atoms with Gasteiger partial charge in [0.2, 0.25) is 53.2 Å². The van der Waals surface area contributed by atoms with Gasteiger partial charge >= 0.3 is 0 Å². The van der Waals surface area contributed by atoms with Gasteiger partial charge < -0.3 is 56.2 Å². The summed E-state index contributed by atoms with van der Waals surface area (Å²) < 4.78 is 0. The van der Waals surface area contributed by atoms with E-state index in [1.165, 1.54) is 77.6 Å². The molecule has 9 atom stereocenters. The first-order chi connectivity index (χ1) is 35.4. The van der Waals surface area contributed by atoms with E-state index in [2.05, 4.69) is 33.2 Å². The first kappa shape index (κ1) is 71.1. The van der Waals surface area contributed by atoms with Crippen LogP contribution in [-0.2, 0) is 47.9 Å². The number of hydrogen-bond acceptors (Lipinski definition) is 11. The van der Waals surface area contributed by atoms with E-state index in [1.807, 2.05) is 67.5 Å². The number of aliphatic hydroxyl groups is 1. The normalized spacial score (nSPS) is 15.2. The van der Waals surface area contributed by atoms with Gasteiger partial charge in [-0.1, -0.05) is 88.0 Å². The fourth-order valence-corrected chi connectivity index (χ4v) is 8.61. The smallest absolute Gasteiger partial charge is 0.270 e. The average Bonchev–Trinajstić information content (AvgIpc) is 3.34. The maximum absolute atomic E-state index is 14.5. The van der Waals surface area contributed by atoms with E-state index in [-0.39, 0.29) is 66.9 Å². The predicted octanol–water partition coefficient (Wildman–Crippen LogP) is 3.35. The van der Waals surface area contributed by atoms with Gasteiger partial charge in [0.05, 0.1) is 5.60 Å². The SMILES string of the molecule is C=C(C(=O)N(C)[C@@H](CC(C)(C)O)C(=O)N[C@@H](C(=O)N(C)[C@@H](CC(C)C)C(=O)N[C@@H](C)C(=O)N[C@H](C)C(=O)N(C)[C@@H](CC(C)C)C(=O)NC)C(C)C)N(C)C(=O)[C@H](CC)NC(=O)C(C[C@H](C)C/C=C/C)N(C)C(=O)CC(C)C. The monoisotopic (exact) mass is 1090 g/mol. The summed E-state index contributed by atoms with van der Waals surface area (Å²) in [6, 6.07) is -8.86. The molecular weight excluding hydrogens is 989 g/mol. The van der Waals surface area contributed by atoms with Crippen LogP contribution in [0.25, 0.3) is 0 Å². The Labute approximate surface area is 460 Å². The summed E-state index contributed by atoms with van der Waals surface area (Å²) in [5, 5.41) is 24.5. The second-order valence-corrected chi connectivity index (χ2v) is 23.0. The van der Waals surface area contributed by atoms with Crippen molar-refractivity contribution in [2.75, 3.05) is 42.3 Å². The molecule has 0 aromatic rings. The molecule has 21 heteroatoms. The van der Waals surface area contributed by atoms with Crippen molar-refractivity contribution in [2.45, 2.75) is 203 Å². The minimum Gasteiger partial charge on any atom is -0.390 e. The summed E-state index contributed by atoms with van der Waals surface area (Å²) in [4.78, 5) is 144. The number of likely N-dealkylation sites (N-methyl/N-ethyl adjacent to an activating group) is 6. The lowest BCUT2D eigenvalue weighted by Gasteiger charge is -2.36. The molecule has 10 amide bonds. The molecule has 77 heavy (non-hydrogen) atoms. The highest BCUT2D eigenvalue weighted by molar-refractivity contribution is 6.02. The summed E-state index contributed by atoms with van der Waals surface area (Å²) in [7, 11) is 8.55. The number of nitrogens with zero attached hydrogens (tertiary/aromatic N) is 5. The van der Waals surface area contributed by atoms with Crippen LogP contribution in [-0.4, -0.2) is 185 Å². The predicted molar refractivity (Wildman–Crippen MR) is 299 cm³/mol. The highest BCUT2D eigenvalue weighted by atomic mass is 16.3. The summed E-state index contributed by atoms with van der Waals surface area (Å²) in [6.07, 6.45) is 5.46. The van der Waals surface area contributed by atoms with Crippen LogP contribution in [0.15, 0.2) is 24.4 Å². The fraction of sp³-hybridized carbons (Fsp3) is 0.750. The van der Waals surface area contributed by atoms with E-state index >= 15 is 0 Å². The number of carbonyl (C=O) groups is 10. The molecule has 0 aromatic heterocycles. The molecule has 0 aliphatic rings. The lowest BCUT2D eigenvalue weighted by atomic mass is 9.95. The van der Waals surface area contributed by atoms with E-state index < -0.39 is 107 Å². The molecule has 440 valence electrons. The Hall–Kier alpha value is -5.86. The maximum Gasteiger partial charge on any atom is 0.270 e. The largest absolute Gasteiger partial charge is 0.390 e. The van der Waals surface area contributed by atoms with Crippen LogP contribution < -0.4 is 26.6 Å². The van der Waals surface area contributed by atoms with Crippen LogP contribution in [0.4, 0.5) is 0 Å². The summed E-state index contributed by atoms with van der Waals surface area (Å²) >= 11 is 0. The molecule has 0 aliphatic carbocycles. The summed E-state index contributed by atoms with van der Waals surface area (Å²) in [5.41, 5.74) is -1.90. The third-order valence-electron chi connectivity index (χ3n) is 13.5. The zero-order valence-electron chi connectivity index (χ0n) is 50.6. The van der Waals surface area contributed by atoms with Gasteiger partial charge in [-0.3, -0.25) is 47.9 Å². The maximum atomic E-state index is 14.5. The van der Waals surface area contributed by atoms with Crippen molar-refractivity contribution in [1.29, 1.82) is 0 Å². The van der Waals surface area contributed by atoms with Gasteiger partial charge in [0.15, 0.2) is 0 Å². The third-order valence-corrected chi connectivity index (χ3v) is 13.5. The molecule has 0 bridgehead atoms. The average molecular weight is 1090 g/mol. The van der Waals surface area contributed by atoms with Crippen molar-refractivity contribution >= 4 is 59.1 Å². The second-order valence-electron chi connectivity index (χ2n) is 23.0. The van der Waals surface area contributed by atoms with Gasteiger partial charge in [-0.2, -0.15) is 0 Å². The van der Waals surface area contributed by atoms with Crippen LogP contribution in [0.5, 0.6) is 0 Å². The van der Waals surface area contributed by atoms with Crippen molar-refractivity contribution in [3.8, 4) is 0 Å². The Kier molecular flexibility index (Phi) is 30.3. The van der Waals surface area contributed by atoms with Crippen LogP contribution in [0.2, 0.25) is 0 Å². The van der Waals surface area contributed by atoms with Crippen molar-refractivity contribution in [2.24, 2.45) is 29.6 Å². The van der Waals surface area contributed by atoms with Gasteiger partial charge in [-0.05, 0) is 96.3 Å². The number of allylic oxidation sites excluding steroid dienone is 2. The zero-order chi connectivity index (χ0) is 60.1. The standard InChI is InChI=1S/C56H100N10O11/c1-23-25-26-36(11)30-43(63(19)45(67)29-34(7)8)50(71)60-40(24-2)54(75)62(18)39(14)53(74)66(22)44(31-56(15,16)77)51(72)61-46(35(9)10)55(76)65(21)42(28-33(5)6)49(70)58-37(12)47(68)59-38(13)52(73)64(20)41(27-32(3)4)48(69)57-17/h23,25,32-38,40-44,46,77H,14,24,26-31H2,1-13,15-22H3,(H,57,69)(H,58,70)(H,59,68)(H,60,71)(H,61,72)/b25-23+/t36-,37+,38-,40+,41+,42+,43?,44+,46-/m1/s1. The Bertz CT molecular complexity index is 2070. The Morgan fingerprint density at radius 1 is 0.571 bits per heavy atom. The molecule has 0 saturated heterocycles.